The second-order valence-corrected chi connectivity index (χ2v) is 15.7. The molecule has 0 saturated carbocycles. The first-order chi connectivity index (χ1) is 25.9. The summed E-state index contributed by atoms with van der Waals surface area (Å²) in [5, 5.41) is 34.5. The Balaban J connectivity index is 1.30. The van der Waals surface area contributed by atoms with Crippen LogP contribution in [-0.2, 0) is 30.4 Å². The summed E-state index contributed by atoms with van der Waals surface area (Å²) in [6.07, 6.45) is 0. The van der Waals surface area contributed by atoms with Gasteiger partial charge in [0, 0.05) is 0 Å². The van der Waals surface area contributed by atoms with Crippen LogP contribution in [0.2, 0.25) is 0 Å². The van der Waals surface area contributed by atoms with Gasteiger partial charge in [0.05, 0.1) is 38.7 Å². The zero-order valence-electron chi connectivity index (χ0n) is 27.7. The molecular weight excluding hydrogens is 777 g/mol. The molecule has 0 aliphatic carbocycles. The second kappa shape index (κ2) is 14.7. The molecule has 6 aromatic rings. The van der Waals surface area contributed by atoms with Crippen LogP contribution in [0.4, 0.5) is 45.5 Å². The van der Waals surface area contributed by atoms with Crippen LogP contribution >= 0.6 is 0 Å². The highest BCUT2D eigenvalue weighted by Gasteiger charge is 2.28. The smallest absolute Gasteiger partial charge is 0.296 e. The summed E-state index contributed by atoms with van der Waals surface area (Å²) >= 11 is 0. The molecule has 0 fully saturated rings. The molecule has 0 heterocycles. The third-order valence-corrected chi connectivity index (χ3v) is 10.4. The lowest BCUT2D eigenvalue weighted by Crippen LogP contribution is -2.03. The van der Waals surface area contributed by atoms with Gasteiger partial charge in [0.1, 0.15) is 26.9 Å². The summed E-state index contributed by atoms with van der Waals surface area (Å²) in [6, 6.07) is 26.5. The van der Waals surface area contributed by atoms with E-state index in [1.54, 1.807) is 66.7 Å². The Bertz CT molecular complexity index is 2910. The Morgan fingerprint density at radius 1 is 0.491 bits per heavy atom. The van der Waals surface area contributed by atoms with E-state index < -0.39 is 63.0 Å². The van der Waals surface area contributed by atoms with Gasteiger partial charge in [0.25, 0.3) is 30.4 Å². The molecule has 0 aliphatic rings. The SMILES string of the molecule is Nc1cc(S(=O)(=O)O)ccc1N=Nc1ccc(-c2ccc(N=Nc3c(S(=O)(=O)O)cc4cc(S(=O)(=O)O)c(N=Nc5ccccc5)c(O)c4c3N)cc2)cc1. The maximum absolute atomic E-state index is 12.4. The standard InChI is InChI=1S/C34H26N8O10S3/c35-26-18-25(53(44,45)46)14-15-27(26)40-37-23-10-6-19(7-11-23)20-8-12-24(13-9-20)39-41-32-28(54(47,48)49)16-21-17-29(55(50,51)52)33(34(43)30(21)31(32)36)42-38-22-4-2-1-3-5-22/h1-18,43H,35-36H2,(H,44,45,46)(H,47,48,49)(H,50,51,52). The van der Waals surface area contributed by atoms with Crippen molar-refractivity contribution in [2.45, 2.75) is 14.7 Å². The number of phenols is 1. The van der Waals surface area contributed by atoms with Crippen molar-refractivity contribution < 1.29 is 44.0 Å². The summed E-state index contributed by atoms with van der Waals surface area (Å²) in [6.45, 7) is 0. The van der Waals surface area contributed by atoms with Crippen LogP contribution in [-0.4, -0.2) is 44.0 Å². The number of anilines is 2. The van der Waals surface area contributed by atoms with Gasteiger partial charge in [-0.3, -0.25) is 13.7 Å². The van der Waals surface area contributed by atoms with Crippen LogP contribution in [0.25, 0.3) is 21.9 Å². The van der Waals surface area contributed by atoms with Gasteiger partial charge in [0.15, 0.2) is 5.75 Å². The fourth-order valence-electron chi connectivity index (χ4n) is 5.15. The summed E-state index contributed by atoms with van der Waals surface area (Å²) in [4.78, 5) is -2.16. The predicted octanol–water partition coefficient (Wildman–Crippen LogP) is 8.36. The Labute approximate surface area is 312 Å². The highest BCUT2D eigenvalue weighted by atomic mass is 32.2. The van der Waals surface area contributed by atoms with Crippen molar-refractivity contribution in [2.24, 2.45) is 30.7 Å². The van der Waals surface area contributed by atoms with Crippen LogP contribution in [0.1, 0.15) is 0 Å². The Hall–Kier alpha value is -6.49. The van der Waals surface area contributed by atoms with E-state index in [-0.39, 0.29) is 38.4 Å². The summed E-state index contributed by atoms with van der Waals surface area (Å²) in [7, 11) is -14.6. The zero-order valence-corrected chi connectivity index (χ0v) is 30.1. The van der Waals surface area contributed by atoms with E-state index in [4.69, 9.17) is 16.0 Å². The summed E-state index contributed by atoms with van der Waals surface area (Å²) < 4.78 is 101. The number of aromatic hydroxyl groups is 1. The van der Waals surface area contributed by atoms with Crippen molar-refractivity contribution in [2.75, 3.05) is 11.5 Å². The molecular formula is C34H26N8O10S3. The van der Waals surface area contributed by atoms with Crippen molar-refractivity contribution in [3.05, 3.63) is 109 Å². The fraction of sp³-hybridized carbons (Fsp3) is 0. The molecule has 0 unspecified atom stereocenters. The van der Waals surface area contributed by atoms with Gasteiger partial charge in [-0.05, 0) is 83.2 Å². The molecule has 0 aromatic heterocycles. The fourth-order valence-corrected chi connectivity index (χ4v) is 7.00. The minimum atomic E-state index is -5.07. The molecule has 0 saturated heterocycles. The molecule has 6 rings (SSSR count). The van der Waals surface area contributed by atoms with Crippen molar-refractivity contribution in [3.8, 4) is 16.9 Å². The lowest BCUT2D eigenvalue weighted by Gasteiger charge is -2.14. The monoisotopic (exact) mass is 802 g/mol. The van der Waals surface area contributed by atoms with E-state index >= 15 is 0 Å². The van der Waals surface area contributed by atoms with Crippen LogP contribution in [0.5, 0.6) is 5.75 Å². The first-order valence-electron chi connectivity index (χ1n) is 15.3. The number of rotatable bonds is 10. The average molecular weight is 803 g/mol. The molecule has 18 nitrogen and oxygen atoms in total. The first kappa shape index (κ1) is 38.2. The molecule has 55 heavy (non-hydrogen) atoms. The largest absolute Gasteiger partial charge is 0.505 e. The second-order valence-electron chi connectivity index (χ2n) is 11.5. The third-order valence-electron chi connectivity index (χ3n) is 7.80. The first-order valence-corrected chi connectivity index (χ1v) is 19.7. The van der Waals surface area contributed by atoms with E-state index in [1.165, 1.54) is 18.2 Å². The van der Waals surface area contributed by atoms with Crippen molar-refractivity contribution in [3.63, 3.8) is 0 Å². The Morgan fingerprint density at radius 3 is 1.45 bits per heavy atom. The van der Waals surface area contributed by atoms with Gasteiger partial charge in [-0.25, -0.2) is 0 Å². The molecule has 0 bridgehead atoms. The minimum Gasteiger partial charge on any atom is -0.505 e. The third kappa shape index (κ3) is 8.51. The number of phenolic OH excluding ortho intramolecular Hbond substituents is 1. The topological polar surface area (TPSA) is 310 Å². The van der Waals surface area contributed by atoms with Crippen molar-refractivity contribution >= 4 is 86.6 Å². The molecule has 0 amide bonds. The van der Waals surface area contributed by atoms with E-state index in [0.29, 0.717) is 5.69 Å². The number of nitrogens with two attached hydrogens (primary N) is 2. The Morgan fingerprint density at radius 2 is 0.964 bits per heavy atom. The average Bonchev–Trinajstić information content (AvgIpc) is 3.13. The van der Waals surface area contributed by atoms with Crippen molar-refractivity contribution in [1.82, 2.24) is 0 Å². The summed E-state index contributed by atoms with van der Waals surface area (Å²) in [5.41, 5.74) is 12.9. The number of hydrogen-bond donors (Lipinski definition) is 6. The zero-order chi connectivity index (χ0) is 39.7. The van der Waals surface area contributed by atoms with Crippen LogP contribution in [0, 0.1) is 0 Å². The lowest BCUT2D eigenvalue weighted by atomic mass is 10.0. The molecule has 0 spiro atoms. The molecule has 6 aromatic carbocycles. The van der Waals surface area contributed by atoms with Gasteiger partial charge in [0.2, 0.25) is 0 Å². The van der Waals surface area contributed by atoms with E-state index in [2.05, 4.69) is 30.7 Å². The normalized spacial score (nSPS) is 12.7. The van der Waals surface area contributed by atoms with Crippen molar-refractivity contribution in [1.29, 1.82) is 0 Å². The number of nitrogens with zero attached hydrogens (tertiary/aromatic N) is 6. The highest BCUT2D eigenvalue weighted by Crippen LogP contribution is 2.48. The van der Waals surface area contributed by atoms with Gasteiger partial charge in [-0.2, -0.15) is 40.6 Å². The molecule has 0 radical (unpaired) electrons. The summed E-state index contributed by atoms with van der Waals surface area (Å²) in [5.74, 6) is -0.879. The van der Waals surface area contributed by atoms with E-state index in [1.807, 2.05) is 0 Å². The minimum absolute atomic E-state index is 0.00592. The van der Waals surface area contributed by atoms with Gasteiger partial charge >= 0.3 is 0 Å². The number of hydrogen-bond acceptors (Lipinski definition) is 15. The lowest BCUT2D eigenvalue weighted by molar-refractivity contribution is 0.472. The van der Waals surface area contributed by atoms with Gasteiger partial charge in [-0.1, -0.05) is 42.5 Å². The number of benzene rings is 6. The van der Waals surface area contributed by atoms with Gasteiger partial charge in [-0.15, -0.1) is 15.3 Å². The number of nitrogen functional groups attached to an aromatic ring is 2. The number of azo groups is 3. The Kier molecular flexibility index (Phi) is 10.2. The molecule has 280 valence electrons. The predicted molar refractivity (Wildman–Crippen MR) is 201 cm³/mol. The number of fused-ring (bicyclic) bond motifs is 1. The molecule has 0 atom stereocenters. The van der Waals surface area contributed by atoms with Gasteiger partial charge < -0.3 is 16.6 Å². The quantitative estimate of drug-likeness (QED) is 0.0432. The molecule has 8 N–H and O–H groups in total. The maximum Gasteiger partial charge on any atom is 0.296 e. The van der Waals surface area contributed by atoms with Crippen LogP contribution < -0.4 is 11.5 Å². The van der Waals surface area contributed by atoms with E-state index in [0.717, 1.165) is 35.4 Å². The van der Waals surface area contributed by atoms with Crippen LogP contribution in [0.15, 0.2) is 155 Å². The molecule has 21 heteroatoms. The maximum atomic E-state index is 12.4. The highest BCUT2D eigenvalue weighted by molar-refractivity contribution is 7.86. The molecule has 0 aliphatic heterocycles. The van der Waals surface area contributed by atoms with Crippen LogP contribution in [0.3, 0.4) is 0 Å². The van der Waals surface area contributed by atoms with E-state index in [9.17, 15) is 39.5 Å².